The third kappa shape index (κ3) is 1.62. The molecule has 4 heteroatoms. The molecule has 20 heavy (non-hydrogen) atoms. The molecule has 0 spiro atoms. The van der Waals surface area contributed by atoms with Gasteiger partial charge in [0.2, 0.25) is 0 Å². The van der Waals surface area contributed by atoms with Crippen molar-refractivity contribution < 1.29 is 14.7 Å². The zero-order chi connectivity index (χ0) is 14.3. The van der Waals surface area contributed by atoms with Crippen LogP contribution in [0.2, 0.25) is 0 Å². The molecule has 0 saturated heterocycles. The minimum Gasteiger partial charge on any atom is -0.394 e. The van der Waals surface area contributed by atoms with Gasteiger partial charge in [-0.15, -0.1) is 0 Å². The standard InChI is InChI=1S/C16H11BrO3/c17-11-7-5-10(6-8-11)16(9-18)14(19)12-3-1-2-4-13(12)15(16)20/h1-8,18H,9H2. The second-order valence-electron chi connectivity index (χ2n) is 4.77. The number of halogens is 1. The first-order valence-corrected chi connectivity index (χ1v) is 6.96. The number of hydrogen-bond acceptors (Lipinski definition) is 3. The van der Waals surface area contributed by atoms with E-state index in [1.165, 1.54) is 0 Å². The Hall–Kier alpha value is -1.78. The van der Waals surface area contributed by atoms with Crippen LogP contribution in [0.4, 0.5) is 0 Å². The van der Waals surface area contributed by atoms with Gasteiger partial charge in [0.05, 0.1) is 6.61 Å². The number of aliphatic hydroxyl groups excluding tert-OH is 1. The van der Waals surface area contributed by atoms with Crippen molar-refractivity contribution in [3.05, 3.63) is 69.7 Å². The van der Waals surface area contributed by atoms with Crippen LogP contribution < -0.4 is 0 Å². The monoisotopic (exact) mass is 330 g/mol. The molecular formula is C16H11BrO3. The average Bonchev–Trinajstić information content (AvgIpc) is 2.70. The summed E-state index contributed by atoms with van der Waals surface area (Å²) in [5, 5.41) is 9.80. The molecular weight excluding hydrogens is 320 g/mol. The lowest BCUT2D eigenvalue weighted by Crippen LogP contribution is -2.42. The molecule has 0 bridgehead atoms. The molecule has 3 nitrogen and oxygen atoms in total. The minimum absolute atomic E-state index is 0.331. The molecule has 0 aromatic heterocycles. The number of carbonyl (C=O) groups excluding carboxylic acids is 2. The Morgan fingerprint density at radius 2 is 1.40 bits per heavy atom. The summed E-state index contributed by atoms with van der Waals surface area (Å²) in [7, 11) is 0. The number of fused-ring (bicyclic) bond motifs is 1. The van der Waals surface area contributed by atoms with E-state index in [0.717, 1.165) is 4.47 Å². The molecule has 2 aromatic rings. The number of aliphatic hydroxyl groups is 1. The van der Waals surface area contributed by atoms with E-state index in [2.05, 4.69) is 15.9 Å². The molecule has 3 rings (SSSR count). The van der Waals surface area contributed by atoms with E-state index >= 15 is 0 Å². The van der Waals surface area contributed by atoms with Crippen LogP contribution in [0.1, 0.15) is 26.3 Å². The van der Waals surface area contributed by atoms with Gasteiger partial charge in [0, 0.05) is 15.6 Å². The molecule has 0 amide bonds. The Labute approximate surface area is 124 Å². The highest BCUT2D eigenvalue weighted by Crippen LogP contribution is 2.39. The first-order chi connectivity index (χ1) is 9.61. The smallest absolute Gasteiger partial charge is 0.184 e. The highest BCUT2D eigenvalue weighted by atomic mass is 79.9. The van der Waals surface area contributed by atoms with E-state index < -0.39 is 12.0 Å². The second-order valence-corrected chi connectivity index (χ2v) is 5.69. The van der Waals surface area contributed by atoms with Crippen molar-refractivity contribution in [1.29, 1.82) is 0 Å². The fourth-order valence-electron chi connectivity index (χ4n) is 2.67. The number of ketones is 2. The SMILES string of the molecule is O=C1c2ccccc2C(=O)C1(CO)c1ccc(Br)cc1. The maximum Gasteiger partial charge on any atom is 0.184 e. The topological polar surface area (TPSA) is 54.4 Å². The van der Waals surface area contributed by atoms with E-state index in [-0.39, 0.29) is 11.6 Å². The summed E-state index contributed by atoms with van der Waals surface area (Å²) in [5.41, 5.74) is -0.206. The number of hydrogen-bond donors (Lipinski definition) is 1. The summed E-state index contributed by atoms with van der Waals surface area (Å²) >= 11 is 3.32. The van der Waals surface area contributed by atoms with Crippen molar-refractivity contribution in [2.24, 2.45) is 0 Å². The van der Waals surface area contributed by atoms with Crippen LogP contribution in [0.25, 0.3) is 0 Å². The van der Waals surface area contributed by atoms with Gasteiger partial charge in [0.25, 0.3) is 0 Å². The molecule has 1 N–H and O–H groups in total. The first kappa shape index (κ1) is 13.2. The van der Waals surface area contributed by atoms with Crippen LogP contribution in [-0.2, 0) is 5.41 Å². The molecule has 0 atom stereocenters. The van der Waals surface area contributed by atoms with Crippen molar-refractivity contribution in [1.82, 2.24) is 0 Å². The molecule has 1 aliphatic carbocycles. The molecule has 0 unspecified atom stereocenters. The Kier molecular flexibility index (Phi) is 3.07. The Balaban J connectivity index is 2.23. The van der Waals surface area contributed by atoms with Crippen LogP contribution in [-0.4, -0.2) is 23.3 Å². The molecule has 0 saturated carbocycles. The predicted molar refractivity (Wildman–Crippen MR) is 78.0 cm³/mol. The fraction of sp³-hybridized carbons (Fsp3) is 0.125. The van der Waals surface area contributed by atoms with Gasteiger partial charge in [-0.05, 0) is 17.7 Å². The van der Waals surface area contributed by atoms with Gasteiger partial charge in [-0.2, -0.15) is 0 Å². The molecule has 0 heterocycles. The van der Waals surface area contributed by atoms with Crippen LogP contribution in [0, 0.1) is 0 Å². The van der Waals surface area contributed by atoms with Crippen LogP contribution in [0.3, 0.4) is 0 Å². The number of benzene rings is 2. The van der Waals surface area contributed by atoms with Crippen molar-refractivity contribution in [3.63, 3.8) is 0 Å². The number of Topliss-reactive ketones (excluding diaryl/α,β-unsaturated/α-hetero) is 2. The maximum atomic E-state index is 12.7. The lowest BCUT2D eigenvalue weighted by Gasteiger charge is -2.23. The average molecular weight is 331 g/mol. The van der Waals surface area contributed by atoms with Crippen LogP contribution in [0.5, 0.6) is 0 Å². The molecule has 0 aliphatic heterocycles. The summed E-state index contributed by atoms with van der Waals surface area (Å²) in [6, 6.07) is 13.6. The molecule has 0 fully saturated rings. The Morgan fingerprint density at radius 3 is 1.85 bits per heavy atom. The Bertz CT molecular complexity index is 669. The number of rotatable bonds is 2. The third-order valence-electron chi connectivity index (χ3n) is 3.77. The molecule has 1 aliphatic rings. The van der Waals surface area contributed by atoms with Crippen molar-refractivity contribution >= 4 is 27.5 Å². The molecule has 0 radical (unpaired) electrons. The van der Waals surface area contributed by atoms with Crippen molar-refractivity contribution in [3.8, 4) is 0 Å². The van der Waals surface area contributed by atoms with Crippen molar-refractivity contribution in [2.75, 3.05) is 6.61 Å². The van der Waals surface area contributed by atoms with Crippen LogP contribution >= 0.6 is 15.9 Å². The Morgan fingerprint density at radius 1 is 0.900 bits per heavy atom. The maximum absolute atomic E-state index is 12.7. The highest BCUT2D eigenvalue weighted by molar-refractivity contribution is 9.10. The van der Waals surface area contributed by atoms with Gasteiger partial charge in [-0.1, -0.05) is 52.3 Å². The lowest BCUT2D eigenvalue weighted by molar-refractivity contribution is 0.0711. The number of carbonyl (C=O) groups is 2. The largest absolute Gasteiger partial charge is 0.394 e. The third-order valence-corrected chi connectivity index (χ3v) is 4.29. The van der Waals surface area contributed by atoms with Gasteiger partial charge >= 0.3 is 0 Å². The van der Waals surface area contributed by atoms with E-state index in [0.29, 0.717) is 16.7 Å². The predicted octanol–water partition coefficient (Wildman–Crippen LogP) is 2.76. The summed E-state index contributed by atoms with van der Waals surface area (Å²) < 4.78 is 0.852. The fourth-order valence-corrected chi connectivity index (χ4v) is 2.94. The van der Waals surface area contributed by atoms with E-state index in [1.54, 1.807) is 48.5 Å². The van der Waals surface area contributed by atoms with Crippen LogP contribution in [0.15, 0.2) is 53.0 Å². The van der Waals surface area contributed by atoms with E-state index in [4.69, 9.17) is 0 Å². The second kappa shape index (κ2) is 4.65. The summed E-state index contributed by atoms with van der Waals surface area (Å²) in [5.74, 6) is -0.661. The minimum atomic E-state index is -1.50. The van der Waals surface area contributed by atoms with E-state index in [9.17, 15) is 14.7 Å². The quantitative estimate of drug-likeness (QED) is 0.861. The first-order valence-electron chi connectivity index (χ1n) is 6.17. The summed E-state index contributed by atoms with van der Waals surface area (Å²) in [6.07, 6.45) is 0. The lowest BCUT2D eigenvalue weighted by atomic mass is 9.77. The van der Waals surface area contributed by atoms with Gasteiger partial charge in [-0.25, -0.2) is 0 Å². The summed E-state index contributed by atoms with van der Waals surface area (Å²) in [4.78, 5) is 25.3. The van der Waals surface area contributed by atoms with Gasteiger partial charge in [0.15, 0.2) is 11.6 Å². The van der Waals surface area contributed by atoms with Gasteiger partial charge in [-0.3, -0.25) is 9.59 Å². The van der Waals surface area contributed by atoms with Gasteiger partial charge in [0.1, 0.15) is 5.41 Å². The van der Waals surface area contributed by atoms with Crippen molar-refractivity contribution in [2.45, 2.75) is 5.41 Å². The zero-order valence-corrected chi connectivity index (χ0v) is 12.1. The highest BCUT2D eigenvalue weighted by Gasteiger charge is 2.53. The van der Waals surface area contributed by atoms with Gasteiger partial charge < -0.3 is 5.11 Å². The molecule has 100 valence electrons. The summed E-state index contributed by atoms with van der Waals surface area (Å²) in [6.45, 7) is -0.527. The molecule has 2 aromatic carbocycles. The normalized spacial score (nSPS) is 16.3. The zero-order valence-electron chi connectivity index (χ0n) is 10.5. The van der Waals surface area contributed by atoms with E-state index in [1.807, 2.05) is 0 Å².